The largest absolute Gasteiger partial charge is 0.350 e. The number of hydrogen-bond acceptors (Lipinski definition) is 3. The van der Waals surface area contributed by atoms with Gasteiger partial charge in [0.05, 0.1) is 6.54 Å². The van der Waals surface area contributed by atoms with Crippen LogP contribution in [0.2, 0.25) is 0 Å². The number of hydrogen-bond donors (Lipinski definition) is 1. The number of nitrogens with one attached hydrogen (secondary N) is 1. The van der Waals surface area contributed by atoms with E-state index in [4.69, 9.17) is 0 Å². The molecule has 0 saturated heterocycles. The van der Waals surface area contributed by atoms with Gasteiger partial charge in [-0.2, -0.15) is 0 Å². The SMILES string of the molecule is Cc1nc(C(=O)NCC2CC2)ccc1C1=CCN=CC1. The van der Waals surface area contributed by atoms with Crippen LogP contribution in [0.5, 0.6) is 0 Å². The highest BCUT2D eigenvalue weighted by Gasteiger charge is 2.22. The van der Waals surface area contributed by atoms with Crippen LogP contribution >= 0.6 is 0 Å². The Bertz CT molecular complexity index is 585. The van der Waals surface area contributed by atoms with Crippen molar-refractivity contribution >= 4 is 17.7 Å². The summed E-state index contributed by atoms with van der Waals surface area (Å²) in [7, 11) is 0. The van der Waals surface area contributed by atoms with Crippen molar-refractivity contribution in [2.45, 2.75) is 26.2 Å². The van der Waals surface area contributed by atoms with Gasteiger partial charge < -0.3 is 5.32 Å². The normalized spacial score (nSPS) is 17.8. The second-order valence-corrected chi connectivity index (χ2v) is 5.46. The van der Waals surface area contributed by atoms with E-state index in [0.29, 0.717) is 11.6 Å². The lowest BCUT2D eigenvalue weighted by molar-refractivity contribution is 0.0946. The molecular formula is C16H19N3O. The molecule has 0 bridgehead atoms. The molecule has 1 aliphatic carbocycles. The Morgan fingerprint density at radius 2 is 2.25 bits per heavy atom. The summed E-state index contributed by atoms with van der Waals surface area (Å²) in [5.41, 5.74) is 3.78. The maximum atomic E-state index is 12.0. The minimum Gasteiger partial charge on any atom is -0.350 e. The van der Waals surface area contributed by atoms with E-state index in [1.54, 1.807) is 0 Å². The van der Waals surface area contributed by atoms with Crippen LogP contribution in [0, 0.1) is 12.8 Å². The van der Waals surface area contributed by atoms with E-state index < -0.39 is 0 Å². The van der Waals surface area contributed by atoms with Crippen molar-refractivity contribution in [1.29, 1.82) is 0 Å². The van der Waals surface area contributed by atoms with Crippen LogP contribution in [0.4, 0.5) is 0 Å². The Hall–Kier alpha value is -1.97. The number of aliphatic imine (C=N–C) groups is 1. The molecule has 0 spiro atoms. The molecule has 0 atom stereocenters. The van der Waals surface area contributed by atoms with E-state index in [1.165, 1.54) is 18.4 Å². The highest BCUT2D eigenvalue weighted by molar-refractivity contribution is 5.93. The number of carbonyl (C=O) groups is 1. The molecule has 0 radical (unpaired) electrons. The molecule has 2 heterocycles. The summed E-state index contributed by atoms with van der Waals surface area (Å²) in [4.78, 5) is 20.6. The molecule has 20 heavy (non-hydrogen) atoms. The summed E-state index contributed by atoms with van der Waals surface area (Å²) >= 11 is 0. The number of nitrogens with zero attached hydrogens (tertiary/aromatic N) is 2. The molecule has 0 unspecified atom stereocenters. The van der Waals surface area contributed by atoms with Crippen LogP contribution in [0.15, 0.2) is 23.2 Å². The lowest BCUT2D eigenvalue weighted by atomic mass is 10.00. The molecule has 1 N–H and O–H groups in total. The lowest BCUT2D eigenvalue weighted by Crippen LogP contribution is -2.26. The van der Waals surface area contributed by atoms with Crippen molar-refractivity contribution in [2.75, 3.05) is 13.1 Å². The third-order valence-electron chi connectivity index (χ3n) is 3.80. The van der Waals surface area contributed by atoms with Gasteiger partial charge in [-0.15, -0.1) is 0 Å². The number of rotatable bonds is 4. The van der Waals surface area contributed by atoms with Gasteiger partial charge in [0.15, 0.2) is 0 Å². The summed E-state index contributed by atoms with van der Waals surface area (Å²) in [5.74, 6) is 0.622. The number of aromatic nitrogens is 1. The molecular weight excluding hydrogens is 250 g/mol. The Morgan fingerprint density at radius 3 is 2.90 bits per heavy atom. The van der Waals surface area contributed by atoms with Crippen molar-refractivity contribution in [2.24, 2.45) is 10.9 Å². The zero-order chi connectivity index (χ0) is 13.9. The highest BCUT2D eigenvalue weighted by Crippen LogP contribution is 2.27. The van der Waals surface area contributed by atoms with Gasteiger partial charge in [0.25, 0.3) is 5.91 Å². The molecule has 1 amide bonds. The standard InChI is InChI=1S/C16H19N3O/c1-11-14(13-6-8-17-9-7-13)4-5-15(19-11)16(20)18-10-12-2-3-12/h4-6,9,12H,2-3,7-8,10H2,1H3,(H,18,20). The minimum absolute atomic E-state index is 0.0641. The van der Waals surface area contributed by atoms with E-state index in [-0.39, 0.29) is 5.91 Å². The number of carbonyl (C=O) groups excluding carboxylic acids is 1. The number of pyridine rings is 1. The van der Waals surface area contributed by atoms with Crippen molar-refractivity contribution in [1.82, 2.24) is 10.3 Å². The molecule has 4 heteroatoms. The number of amides is 1. The fourth-order valence-electron chi connectivity index (χ4n) is 2.38. The summed E-state index contributed by atoms with van der Waals surface area (Å²) < 4.78 is 0. The third kappa shape index (κ3) is 2.95. The molecule has 1 saturated carbocycles. The predicted molar refractivity (Wildman–Crippen MR) is 80.0 cm³/mol. The third-order valence-corrected chi connectivity index (χ3v) is 3.80. The lowest BCUT2D eigenvalue weighted by Gasteiger charge is -2.12. The smallest absolute Gasteiger partial charge is 0.269 e. The quantitative estimate of drug-likeness (QED) is 0.912. The van der Waals surface area contributed by atoms with E-state index in [1.807, 2.05) is 25.3 Å². The molecule has 3 rings (SSSR count). The number of dihydropyridines is 1. The second-order valence-electron chi connectivity index (χ2n) is 5.46. The molecule has 1 fully saturated rings. The summed E-state index contributed by atoms with van der Waals surface area (Å²) in [5, 5.41) is 2.95. The van der Waals surface area contributed by atoms with Gasteiger partial charge in [-0.25, -0.2) is 4.98 Å². The zero-order valence-electron chi connectivity index (χ0n) is 11.7. The molecule has 1 aromatic rings. The number of aryl methyl sites for hydroxylation is 1. The average Bonchev–Trinajstić information content (AvgIpc) is 3.30. The summed E-state index contributed by atoms with van der Waals surface area (Å²) in [6, 6.07) is 3.82. The number of allylic oxidation sites excluding steroid dienone is 1. The summed E-state index contributed by atoms with van der Waals surface area (Å²) in [6.45, 7) is 3.47. The van der Waals surface area contributed by atoms with Crippen LogP contribution in [0.25, 0.3) is 5.57 Å². The van der Waals surface area contributed by atoms with Crippen molar-refractivity contribution < 1.29 is 4.79 Å². The Morgan fingerprint density at radius 1 is 1.40 bits per heavy atom. The van der Waals surface area contributed by atoms with Gasteiger partial charge in [0, 0.05) is 24.9 Å². The van der Waals surface area contributed by atoms with Crippen molar-refractivity contribution in [3.63, 3.8) is 0 Å². The van der Waals surface area contributed by atoms with E-state index in [2.05, 4.69) is 21.4 Å². The maximum absolute atomic E-state index is 12.0. The first kappa shape index (κ1) is 13.0. The van der Waals surface area contributed by atoms with Gasteiger partial charge >= 0.3 is 0 Å². The molecule has 0 aromatic carbocycles. The first-order valence-corrected chi connectivity index (χ1v) is 7.17. The molecule has 1 aromatic heterocycles. The fraction of sp³-hybridized carbons (Fsp3) is 0.438. The van der Waals surface area contributed by atoms with Crippen molar-refractivity contribution in [3.05, 3.63) is 35.2 Å². The van der Waals surface area contributed by atoms with Gasteiger partial charge in [-0.05, 0) is 42.9 Å². The monoisotopic (exact) mass is 269 g/mol. The van der Waals surface area contributed by atoms with Crippen LogP contribution < -0.4 is 5.32 Å². The van der Waals surface area contributed by atoms with E-state index in [9.17, 15) is 4.79 Å². The highest BCUT2D eigenvalue weighted by atomic mass is 16.1. The minimum atomic E-state index is -0.0641. The Kier molecular flexibility index (Phi) is 3.63. The van der Waals surface area contributed by atoms with E-state index >= 15 is 0 Å². The van der Waals surface area contributed by atoms with Gasteiger partial charge in [-0.1, -0.05) is 12.1 Å². The van der Waals surface area contributed by atoms with Crippen LogP contribution in [0.1, 0.15) is 41.0 Å². The van der Waals surface area contributed by atoms with Gasteiger partial charge in [0.1, 0.15) is 5.69 Å². The maximum Gasteiger partial charge on any atom is 0.269 e. The summed E-state index contributed by atoms with van der Waals surface area (Å²) in [6.07, 6.45) is 7.38. The fourth-order valence-corrected chi connectivity index (χ4v) is 2.38. The molecule has 1 aliphatic heterocycles. The molecule has 4 nitrogen and oxygen atoms in total. The Balaban J connectivity index is 1.72. The van der Waals surface area contributed by atoms with Gasteiger partial charge in [0.2, 0.25) is 0 Å². The van der Waals surface area contributed by atoms with Gasteiger partial charge in [-0.3, -0.25) is 9.79 Å². The van der Waals surface area contributed by atoms with Crippen molar-refractivity contribution in [3.8, 4) is 0 Å². The zero-order valence-corrected chi connectivity index (χ0v) is 11.7. The predicted octanol–water partition coefficient (Wildman–Crippen LogP) is 2.39. The van der Waals surface area contributed by atoms with Crippen LogP contribution in [-0.4, -0.2) is 30.2 Å². The van der Waals surface area contributed by atoms with Crippen LogP contribution in [-0.2, 0) is 0 Å². The molecule has 104 valence electrons. The first-order chi connectivity index (χ1) is 9.74. The van der Waals surface area contributed by atoms with Crippen LogP contribution in [0.3, 0.4) is 0 Å². The average molecular weight is 269 g/mol. The molecule has 2 aliphatic rings. The first-order valence-electron chi connectivity index (χ1n) is 7.17. The van der Waals surface area contributed by atoms with E-state index in [0.717, 1.165) is 30.8 Å². The Labute approximate surface area is 119 Å². The second kappa shape index (κ2) is 5.57. The topological polar surface area (TPSA) is 54.4 Å².